The Morgan fingerprint density at radius 1 is 0.968 bits per heavy atom. The number of hydrogen-bond donors (Lipinski definition) is 2. The topological polar surface area (TPSA) is 67.4 Å². The average molecular weight is 477 g/mol. The van der Waals surface area contributed by atoms with Crippen molar-refractivity contribution in [1.82, 2.24) is 10.6 Å². The fourth-order valence-electron chi connectivity index (χ4n) is 4.29. The molecule has 0 heterocycles. The lowest BCUT2D eigenvalue weighted by atomic mass is 9.44. The Labute approximate surface area is 195 Å². The molecule has 3 saturated carbocycles. The second-order valence-corrected chi connectivity index (χ2v) is 9.81. The largest absolute Gasteiger partial charge is 0.484 e. The van der Waals surface area contributed by atoms with E-state index in [2.05, 4.69) is 10.6 Å². The highest BCUT2D eigenvalue weighted by Gasteiger charge is 2.68. The molecular weight excluding hydrogens is 455 g/mol. The molecule has 0 saturated heterocycles. The van der Waals surface area contributed by atoms with Gasteiger partial charge in [0.1, 0.15) is 5.75 Å². The fraction of sp³-hybridized carbons (Fsp3) is 0.304. The number of nitrogens with one attached hydrogen (secondary N) is 2. The van der Waals surface area contributed by atoms with Crippen molar-refractivity contribution >= 4 is 46.7 Å². The van der Waals surface area contributed by atoms with Gasteiger partial charge >= 0.3 is 0 Å². The monoisotopic (exact) mass is 476 g/mol. The summed E-state index contributed by atoms with van der Waals surface area (Å²) in [6, 6.07) is 13.8. The van der Waals surface area contributed by atoms with E-state index in [-0.39, 0.29) is 29.4 Å². The summed E-state index contributed by atoms with van der Waals surface area (Å²) in [6.45, 7) is -0.0324. The smallest absolute Gasteiger partial charge is 0.258 e. The van der Waals surface area contributed by atoms with Crippen molar-refractivity contribution in [2.75, 3.05) is 12.9 Å². The third kappa shape index (κ3) is 5.03. The van der Waals surface area contributed by atoms with Crippen molar-refractivity contribution in [2.24, 2.45) is 0 Å². The van der Waals surface area contributed by atoms with Gasteiger partial charge < -0.3 is 15.4 Å². The number of halogens is 2. The van der Waals surface area contributed by atoms with E-state index in [1.807, 2.05) is 6.26 Å². The molecule has 0 radical (unpaired) electrons. The van der Waals surface area contributed by atoms with Crippen LogP contribution in [-0.4, -0.2) is 35.6 Å². The van der Waals surface area contributed by atoms with E-state index >= 15 is 0 Å². The molecular formula is C23H22Cl2N2O3S. The van der Waals surface area contributed by atoms with E-state index in [0.29, 0.717) is 21.4 Å². The second-order valence-electron chi connectivity index (χ2n) is 8.09. The van der Waals surface area contributed by atoms with Crippen molar-refractivity contribution in [3.8, 4) is 5.75 Å². The first kappa shape index (κ1) is 22.1. The molecule has 2 N–H and O–H groups in total. The average Bonchev–Trinajstić information content (AvgIpc) is 2.70. The van der Waals surface area contributed by atoms with Gasteiger partial charge in [0.25, 0.3) is 5.91 Å². The van der Waals surface area contributed by atoms with Crippen LogP contribution in [0.1, 0.15) is 29.6 Å². The van der Waals surface area contributed by atoms with E-state index < -0.39 is 0 Å². The van der Waals surface area contributed by atoms with Gasteiger partial charge in [0.2, 0.25) is 0 Å². The van der Waals surface area contributed by atoms with Crippen LogP contribution in [0.5, 0.6) is 5.75 Å². The number of ether oxygens (including phenoxy) is 1. The molecule has 31 heavy (non-hydrogen) atoms. The quantitative estimate of drug-likeness (QED) is 0.400. The van der Waals surface area contributed by atoms with Crippen molar-refractivity contribution in [3.05, 3.63) is 75.2 Å². The van der Waals surface area contributed by atoms with Gasteiger partial charge in [-0.1, -0.05) is 23.2 Å². The Balaban J connectivity index is 1.26. The number of amides is 1. The molecule has 162 valence electrons. The summed E-state index contributed by atoms with van der Waals surface area (Å²) < 4.78 is 5.51. The molecule has 0 aromatic heterocycles. The lowest BCUT2D eigenvalue weighted by molar-refractivity contribution is -0.141. The van der Waals surface area contributed by atoms with Crippen LogP contribution in [0.25, 0.3) is 0 Å². The molecule has 2 bridgehead atoms. The van der Waals surface area contributed by atoms with Gasteiger partial charge in [0.05, 0.1) is 5.03 Å². The van der Waals surface area contributed by atoms with Gasteiger partial charge in [-0.2, -0.15) is 0 Å². The lowest BCUT2D eigenvalue weighted by Gasteiger charge is -2.70. The molecule has 0 aliphatic heterocycles. The Kier molecular flexibility index (Phi) is 6.24. The van der Waals surface area contributed by atoms with Crippen LogP contribution in [0.3, 0.4) is 0 Å². The van der Waals surface area contributed by atoms with E-state index in [1.165, 1.54) is 11.8 Å². The zero-order valence-corrected chi connectivity index (χ0v) is 19.2. The van der Waals surface area contributed by atoms with E-state index in [9.17, 15) is 9.59 Å². The second kappa shape index (κ2) is 8.77. The minimum absolute atomic E-state index is 0.0324. The first-order valence-electron chi connectivity index (χ1n) is 9.84. The zero-order chi connectivity index (χ0) is 22.1. The summed E-state index contributed by atoms with van der Waals surface area (Å²) in [5.41, 5.74) is 0.371. The summed E-state index contributed by atoms with van der Waals surface area (Å²) in [5.74, 6) is 0.402. The summed E-state index contributed by atoms with van der Waals surface area (Å²) in [5, 5.41) is 8.64. The summed E-state index contributed by atoms with van der Waals surface area (Å²) in [6.07, 6.45) is 6.06. The van der Waals surface area contributed by atoms with Gasteiger partial charge in [0.15, 0.2) is 12.4 Å². The zero-order valence-electron chi connectivity index (χ0n) is 16.9. The van der Waals surface area contributed by atoms with Crippen LogP contribution in [-0.2, 0) is 4.79 Å². The highest BCUT2D eigenvalue weighted by molar-refractivity contribution is 8.02. The molecule has 3 fully saturated rings. The number of carbonyl (C=O) groups excluding carboxylic acids is 2. The highest BCUT2D eigenvalue weighted by atomic mass is 35.5. The van der Waals surface area contributed by atoms with Crippen LogP contribution >= 0.6 is 35.0 Å². The Bertz CT molecular complexity index is 1000. The Morgan fingerprint density at radius 2 is 1.52 bits per heavy atom. The van der Waals surface area contributed by atoms with Crippen LogP contribution in [0, 0.1) is 0 Å². The number of carbonyl (C=O) groups is 2. The van der Waals surface area contributed by atoms with Gasteiger partial charge in [-0.25, -0.2) is 0 Å². The molecule has 0 atom stereocenters. The van der Waals surface area contributed by atoms with Gasteiger partial charge in [0, 0.05) is 32.8 Å². The maximum Gasteiger partial charge on any atom is 0.258 e. The highest BCUT2D eigenvalue weighted by Crippen LogP contribution is 2.61. The summed E-state index contributed by atoms with van der Waals surface area (Å²) >= 11 is 13.2. The lowest BCUT2D eigenvalue weighted by Crippen LogP contribution is -2.83. The van der Waals surface area contributed by atoms with Crippen LogP contribution in [0.4, 0.5) is 0 Å². The van der Waals surface area contributed by atoms with Crippen molar-refractivity contribution in [3.63, 3.8) is 0 Å². The standard InChI is InChI=1S/C23H22Cl2N2O3S/c1-31-21(10-19(28)15-2-4-16(24)5-3-15)27-23-12-22(13-23,14-23)26-20(29)11-30-18-8-6-17(25)7-9-18/h2-10,27H,11-14H2,1H3,(H,26,29)/b21-10-. The Morgan fingerprint density at radius 3 is 2.10 bits per heavy atom. The van der Waals surface area contributed by atoms with Crippen LogP contribution in [0.2, 0.25) is 10.0 Å². The van der Waals surface area contributed by atoms with E-state index in [4.69, 9.17) is 27.9 Å². The first-order valence-corrected chi connectivity index (χ1v) is 11.8. The number of rotatable bonds is 9. The van der Waals surface area contributed by atoms with Crippen LogP contribution in [0.15, 0.2) is 59.6 Å². The fourth-order valence-corrected chi connectivity index (χ4v) is 5.08. The van der Waals surface area contributed by atoms with E-state index in [0.717, 1.165) is 24.3 Å². The molecule has 0 spiro atoms. The van der Waals surface area contributed by atoms with Crippen molar-refractivity contribution in [2.45, 2.75) is 30.3 Å². The third-order valence-electron chi connectivity index (χ3n) is 5.62. The van der Waals surface area contributed by atoms with Gasteiger partial charge in [-0.3, -0.25) is 9.59 Å². The normalized spacial score (nSPS) is 23.9. The SMILES string of the molecule is CS/C(=C\C(=O)c1ccc(Cl)cc1)NC12CC(NC(=O)COc3ccc(Cl)cc3)(C1)C2. The predicted molar refractivity (Wildman–Crippen MR) is 125 cm³/mol. The molecule has 3 aliphatic carbocycles. The number of hydrogen-bond acceptors (Lipinski definition) is 5. The summed E-state index contributed by atoms with van der Waals surface area (Å²) in [7, 11) is 0. The van der Waals surface area contributed by atoms with Crippen molar-refractivity contribution < 1.29 is 14.3 Å². The molecule has 5 nitrogen and oxygen atoms in total. The number of thioether (sulfide) groups is 1. The predicted octanol–water partition coefficient (Wildman–Crippen LogP) is 4.84. The minimum atomic E-state index is -0.169. The summed E-state index contributed by atoms with van der Waals surface area (Å²) in [4.78, 5) is 24.8. The maximum atomic E-state index is 12.5. The molecule has 0 unspecified atom stereocenters. The third-order valence-corrected chi connectivity index (χ3v) is 6.78. The van der Waals surface area contributed by atoms with Gasteiger partial charge in [-0.15, -0.1) is 11.8 Å². The maximum absolute atomic E-state index is 12.5. The van der Waals surface area contributed by atoms with Crippen molar-refractivity contribution in [1.29, 1.82) is 0 Å². The molecule has 3 aliphatic rings. The number of allylic oxidation sites excluding steroid dienone is 1. The van der Waals surface area contributed by atoms with Crippen LogP contribution < -0.4 is 15.4 Å². The number of benzene rings is 2. The molecule has 5 rings (SSSR count). The molecule has 1 amide bonds. The first-order chi connectivity index (χ1) is 14.8. The Hall–Kier alpha value is -2.15. The minimum Gasteiger partial charge on any atom is -0.484 e. The molecule has 2 aromatic carbocycles. The molecule has 8 heteroatoms. The van der Waals surface area contributed by atoms with E-state index in [1.54, 1.807) is 54.6 Å². The number of ketones is 1. The van der Waals surface area contributed by atoms with Gasteiger partial charge in [-0.05, 0) is 74.0 Å². The molecule has 2 aromatic rings.